The number of aliphatic imine (C=N–C) groups is 1. The fraction of sp³-hybridized carbons (Fsp3) is 0.588. The molecule has 1 rings (SSSR count). The van der Waals surface area contributed by atoms with Crippen LogP contribution in [0.5, 0.6) is 11.5 Å². The van der Waals surface area contributed by atoms with Crippen LogP contribution in [0.4, 0.5) is 5.69 Å². The maximum absolute atomic E-state index is 5.52. The Balaban J connectivity index is 2.59. The van der Waals surface area contributed by atoms with Gasteiger partial charge in [0, 0.05) is 25.3 Å². The topological polar surface area (TPSA) is 54.9 Å². The number of guanidine groups is 1. The van der Waals surface area contributed by atoms with Gasteiger partial charge in [-0.25, -0.2) is 0 Å². The molecular formula is C17H29N3O2. The summed E-state index contributed by atoms with van der Waals surface area (Å²) in [6.07, 6.45) is 2.34. The number of methoxy groups -OCH3 is 1. The average Bonchev–Trinajstić information content (AvgIpc) is 2.51. The number of hydrogen-bond donors (Lipinski definition) is 2. The molecule has 0 atom stereocenters. The van der Waals surface area contributed by atoms with Gasteiger partial charge in [-0.05, 0) is 37.8 Å². The third-order valence-electron chi connectivity index (χ3n) is 3.20. The van der Waals surface area contributed by atoms with Crippen molar-refractivity contribution in [3.05, 3.63) is 18.2 Å². The minimum absolute atomic E-state index is 0.613. The maximum Gasteiger partial charge on any atom is 0.195 e. The van der Waals surface area contributed by atoms with Crippen LogP contribution in [0.3, 0.4) is 0 Å². The number of ether oxygens (including phenoxy) is 2. The van der Waals surface area contributed by atoms with E-state index in [0.717, 1.165) is 36.3 Å². The lowest BCUT2D eigenvalue weighted by Gasteiger charge is -2.15. The lowest BCUT2D eigenvalue weighted by Crippen LogP contribution is -2.31. The summed E-state index contributed by atoms with van der Waals surface area (Å²) in [4.78, 5) is 4.24. The molecular weight excluding hydrogens is 278 g/mol. The molecule has 5 heteroatoms. The molecule has 0 bridgehead atoms. The number of benzene rings is 1. The van der Waals surface area contributed by atoms with Crippen molar-refractivity contribution in [3.8, 4) is 11.5 Å². The highest BCUT2D eigenvalue weighted by Crippen LogP contribution is 2.30. The van der Waals surface area contributed by atoms with Crippen LogP contribution in [0, 0.1) is 5.92 Å². The first-order chi connectivity index (χ1) is 10.6. The van der Waals surface area contributed by atoms with Crippen molar-refractivity contribution in [1.82, 2.24) is 5.32 Å². The minimum Gasteiger partial charge on any atom is -0.493 e. The largest absolute Gasteiger partial charge is 0.493 e. The number of nitrogens with one attached hydrogen (secondary N) is 2. The first-order valence-corrected chi connectivity index (χ1v) is 7.89. The second-order valence-corrected chi connectivity index (χ2v) is 5.46. The minimum atomic E-state index is 0.613. The van der Waals surface area contributed by atoms with E-state index in [1.54, 1.807) is 14.2 Å². The Labute approximate surface area is 134 Å². The second-order valence-electron chi connectivity index (χ2n) is 5.46. The van der Waals surface area contributed by atoms with Crippen molar-refractivity contribution in [1.29, 1.82) is 0 Å². The van der Waals surface area contributed by atoms with Crippen molar-refractivity contribution in [2.75, 3.05) is 32.6 Å². The summed E-state index contributed by atoms with van der Waals surface area (Å²) >= 11 is 0. The Morgan fingerprint density at radius 1 is 1.27 bits per heavy atom. The van der Waals surface area contributed by atoms with Gasteiger partial charge in [-0.2, -0.15) is 0 Å². The van der Waals surface area contributed by atoms with Crippen molar-refractivity contribution in [2.45, 2.75) is 33.6 Å². The Bertz CT molecular complexity index is 473. The standard InChI is InChI=1S/C17H29N3O2/c1-6-22-15-10-9-14(12-16(15)21-5)20-17(18-4)19-11-7-8-13(2)3/h9-10,12-13H,6-8,11H2,1-5H3,(H2,18,19,20). The first-order valence-electron chi connectivity index (χ1n) is 7.89. The van der Waals surface area contributed by atoms with Gasteiger partial charge in [0.25, 0.3) is 0 Å². The van der Waals surface area contributed by atoms with Crippen molar-refractivity contribution < 1.29 is 9.47 Å². The molecule has 0 aliphatic rings. The Hall–Kier alpha value is -1.91. The molecule has 0 spiro atoms. The molecule has 1 aromatic carbocycles. The quantitative estimate of drug-likeness (QED) is 0.438. The van der Waals surface area contributed by atoms with E-state index in [9.17, 15) is 0 Å². The van der Waals surface area contributed by atoms with E-state index in [1.165, 1.54) is 6.42 Å². The molecule has 2 N–H and O–H groups in total. The third kappa shape index (κ3) is 6.24. The molecule has 0 saturated heterocycles. The molecule has 5 nitrogen and oxygen atoms in total. The highest BCUT2D eigenvalue weighted by Gasteiger charge is 2.06. The average molecular weight is 307 g/mol. The third-order valence-corrected chi connectivity index (χ3v) is 3.20. The molecule has 22 heavy (non-hydrogen) atoms. The number of hydrogen-bond acceptors (Lipinski definition) is 3. The molecule has 124 valence electrons. The van der Waals surface area contributed by atoms with E-state index < -0.39 is 0 Å². The zero-order valence-corrected chi connectivity index (χ0v) is 14.4. The van der Waals surface area contributed by atoms with Crippen LogP contribution in [-0.2, 0) is 0 Å². The maximum atomic E-state index is 5.52. The molecule has 0 heterocycles. The molecule has 0 saturated carbocycles. The molecule has 0 unspecified atom stereocenters. The summed E-state index contributed by atoms with van der Waals surface area (Å²) < 4.78 is 10.9. The van der Waals surface area contributed by atoms with Gasteiger partial charge >= 0.3 is 0 Å². The highest BCUT2D eigenvalue weighted by molar-refractivity contribution is 5.93. The van der Waals surface area contributed by atoms with Crippen LogP contribution >= 0.6 is 0 Å². The van der Waals surface area contributed by atoms with Gasteiger partial charge in [-0.3, -0.25) is 4.99 Å². The molecule has 0 radical (unpaired) electrons. The van der Waals surface area contributed by atoms with E-state index in [1.807, 2.05) is 25.1 Å². The van der Waals surface area contributed by atoms with Gasteiger partial charge < -0.3 is 20.1 Å². The van der Waals surface area contributed by atoms with Gasteiger partial charge in [0.1, 0.15) is 0 Å². The monoisotopic (exact) mass is 307 g/mol. The van der Waals surface area contributed by atoms with E-state index in [-0.39, 0.29) is 0 Å². The van der Waals surface area contributed by atoms with Gasteiger partial charge in [0.2, 0.25) is 0 Å². The number of rotatable bonds is 8. The van der Waals surface area contributed by atoms with Gasteiger partial charge in [0.05, 0.1) is 13.7 Å². The molecule has 0 aliphatic heterocycles. The van der Waals surface area contributed by atoms with Gasteiger partial charge in [0.15, 0.2) is 17.5 Å². The molecule has 0 amide bonds. The Morgan fingerprint density at radius 3 is 2.64 bits per heavy atom. The lowest BCUT2D eigenvalue weighted by molar-refractivity contribution is 0.311. The second kappa shape index (κ2) is 9.92. The number of nitrogens with zero attached hydrogens (tertiary/aromatic N) is 1. The zero-order chi connectivity index (χ0) is 16.4. The Kier molecular flexibility index (Phi) is 8.18. The fourth-order valence-electron chi connectivity index (χ4n) is 2.05. The van der Waals surface area contributed by atoms with Crippen LogP contribution in [-0.4, -0.2) is 33.3 Å². The van der Waals surface area contributed by atoms with Crippen LogP contribution in [0.1, 0.15) is 33.6 Å². The van der Waals surface area contributed by atoms with E-state index in [4.69, 9.17) is 9.47 Å². The van der Waals surface area contributed by atoms with Gasteiger partial charge in [-0.15, -0.1) is 0 Å². The predicted molar refractivity (Wildman–Crippen MR) is 93.2 cm³/mol. The van der Waals surface area contributed by atoms with Crippen LogP contribution in [0.25, 0.3) is 0 Å². The summed E-state index contributed by atoms with van der Waals surface area (Å²) in [5.74, 6) is 2.94. The van der Waals surface area contributed by atoms with Crippen LogP contribution < -0.4 is 20.1 Å². The number of anilines is 1. The normalized spacial score (nSPS) is 11.5. The summed E-state index contributed by atoms with van der Waals surface area (Å²) in [5, 5.41) is 6.58. The predicted octanol–water partition coefficient (Wildman–Crippen LogP) is 3.52. The molecule has 0 fully saturated rings. The molecule has 1 aromatic rings. The highest BCUT2D eigenvalue weighted by atomic mass is 16.5. The van der Waals surface area contributed by atoms with E-state index in [0.29, 0.717) is 12.4 Å². The summed E-state index contributed by atoms with van der Waals surface area (Å²) in [6.45, 7) is 7.95. The smallest absolute Gasteiger partial charge is 0.195 e. The lowest BCUT2D eigenvalue weighted by atomic mass is 10.1. The Morgan fingerprint density at radius 2 is 2.05 bits per heavy atom. The van der Waals surface area contributed by atoms with Crippen molar-refractivity contribution in [2.24, 2.45) is 10.9 Å². The van der Waals surface area contributed by atoms with E-state index in [2.05, 4.69) is 29.5 Å². The SMILES string of the molecule is CCOc1ccc(NC(=NC)NCCCC(C)C)cc1OC. The van der Waals surface area contributed by atoms with Crippen molar-refractivity contribution >= 4 is 11.6 Å². The molecule has 0 aromatic heterocycles. The van der Waals surface area contributed by atoms with Gasteiger partial charge in [-0.1, -0.05) is 13.8 Å². The van der Waals surface area contributed by atoms with Crippen LogP contribution in [0.2, 0.25) is 0 Å². The summed E-state index contributed by atoms with van der Waals surface area (Å²) in [6, 6.07) is 5.76. The zero-order valence-electron chi connectivity index (χ0n) is 14.4. The van der Waals surface area contributed by atoms with Crippen molar-refractivity contribution in [3.63, 3.8) is 0 Å². The molecule has 0 aliphatic carbocycles. The van der Waals surface area contributed by atoms with E-state index >= 15 is 0 Å². The first kappa shape index (κ1) is 18.1. The summed E-state index contributed by atoms with van der Waals surface area (Å²) in [7, 11) is 3.41. The summed E-state index contributed by atoms with van der Waals surface area (Å²) in [5.41, 5.74) is 0.914. The fourth-order valence-corrected chi connectivity index (χ4v) is 2.05. The van der Waals surface area contributed by atoms with Crippen LogP contribution in [0.15, 0.2) is 23.2 Å².